The van der Waals surface area contributed by atoms with Crippen molar-refractivity contribution < 1.29 is 0 Å². The second kappa shape index (κ2) is 4.65. The lowest BCUT2D eigenvalue weighted by molar-refractivity contribution is 0.347. The van der Waals surface area contributed by atoms with Gasteiger partial charge in [-0.2, -0.15) is 0 Å². The Bertz CT molecular complexity index is 403. The Morgan fingerprint density at radius 2 is 2.50 bits per heavy atom. The van der Waals surface area contributed by atoms with Crippen molar-refractivity contribution in [1.82, 2.24) is 9.97 Å². The molecule has 0 aliphatic carbocycles. The quantitative estimate of drug-likeness (QED) is 0.756. The van der Waals surface area contributed by atoms with Crippen molar-refractivity contribution in [1.29, 1.82) is 0 Å². The van der Waals surface area contributed by atoms with Crippen LogP contribution in [0.25, 0.3) is 0 Å². The van der Waals surface area contributed by atoms with Crippen LogP contribution in [0, 0.1) is 5.92 Å². The zero-order chi connectivity index (χ0) is 11.5. The van der Waals surface area contributed by atoms with Crippen LogP contribution in [0.1, 0.15) is 19.8 Å². The largest absolute Gasteiger partial charge is 0.348 e. The third-order valence-electron chi connectivity index (χ3n) is 3.32. The number of aromatic amines is 1. The number of H-pyrrole nitrogens is 1. The summed E-state index contributed by atoms with van der Waals surface area (Å²) in [6.07, 6.45) is 5.43. The molecule has 1 aliphatic heterocycles. The molecule has 1 saturated heterocycles. The van der Waals surface area contributed by atoms with Crippen molar-refractivity contribution in [3.05, 3.63) is 22.7 Å². The van der Waals surface area contributed by atoms with Gasteiger partial charge < -0.3 is 15.6 Å². The second-order valence-corrected chi connectivity index (χ2v) is 4.36. The molecule has 0 saturated carbocycles. The highest BCUT2D eigenvalue weighted by atomic mass is 16.1. The lowest BCUT2D eigenvalue weighted by Gasteiger charge is -2.39. The molecular weight excluding hydrogens is 204 g/mol. The van der Waals surface area contributed by atoms with E-state index in [1.807, 2.05) is 4.90 Å². The van der Waals surface area contributed by atoms with Gasteiger partial charge in [-0.15, -0.1) is 0 Å². The summed E-state index contributed by atoms with van der Waals surface area (Å²) in [6.45, 7) is 3.62. The fourth-order valence-electron chi connectivity index (χ4n) is 2.42. The van der Waals surface area contributed by atoms with E-state index in [-0.39, 0.29) is 11.6 Å². The zero-order valence-corrected chi connectivity index (χ0v) is 9.52. The van der Waals surface area contributed by atoms with E-state index in [1.54, 1.807) is 12.4 Å². The number of aromatic nitrogens is 2. The number of rotatable bonds is 2. The van der Waals surface area contributed by atoms with E-state index in [4.69, 9.17) is 5.73 Å². The van der Waals surface area contributed by atoms with Crippen LogP contribution in [-0.2, 0) is 0 Å². The summed E-state index contributed by atoms with van der Waals surface area (Å²) in [5.74, 6) is 1.02. The first-order valence-corrected chi connectivity index (χ1v) is 5.74. The fourth-order valence-corrected chi connectivity index (χ4v) is 2.42. The molecule has 0 aromatic carbocycles. The normalized spacial score (nSPS) is 25.8. The second-order valence-electron chi connectivity index (χ2n) is 4.36. The first kappa shape index (κ1) is 11.1. The molecule has 1 fully saturated rings. The van der Waals surface area contributed by atoms with Gasteiger partial charge >= 0.3 is 0 Å². The van der Waals surface area contributed by atoms with Crippen LogP contribution in [0.15, 0.2) is 17.2 Å². The predicted molar refractivity (Wildman–Crippen MR) is 63.4 cm³/mol. The molecular formula is C11H18N4O. The van der Waals surface area contributed by atoms with Crippen LogP contribution in [0.4, 0.5) is 5.82 Å². The summed E-state index contributed by atoms with van der Waals surface area (Å²) >= 11 is 0. The zero-order valence-electron chi connectivity index (χ0n) is 9.52. The number of hydrogen-bond acceptors (Lipinski definition) is 4. The van der Waals surface area contributed by atoms with Gasteiger partial charge in [0.1, 0.15) is 0 Å². The van der Waals surface area contributed by atoms with Crippen molar-refractivity contribution in [2.45, 2.75) is 25.8 Å². The fraction of sp³-hybridized carbons (Fsp3) is 0.636. The van der Waals surface area contributed by atoms with E-state index in [0.29, 0.717) is 18.3 Å². The van der Waals surface area contributed by atoms with E-state index in [2.05, 4.69) is 16.9 Å². The molecule has 2 rings (SSSR count). The summed E-state index contributed by atoms with van der Waals surface area (Å²) < 4.78 is 0. The van der Waals surface area contributed by atoms with E-state index < -0.39 is 0 Å². The van der Waals surface area contributed by atoms with Crippen LogP contribution >= 0.6 is 0 Å². The molecule has 1 aromatic heterocycles. The molecule has 2 unspecified atom stereocenters. The Balaban J connectivity index is 2.31. The highest BCUT2D eigenvalue weighted by Gasteiger charge is 2.29. The van der Waals surface area contributed by atoms with Crippen LogP contribution in [0.2, 0.25) is 0 Å². The molecule has 88 valence electrons. The minimum atomic E-state index is -0.130. The topological polar surface area (TPSA) is 75.0 Å². The molecule has 0 spiro atoms. The van der Waals surface area contributed by atoms with Crippen LogP contribution in [0.3, 0.4) is 0 Å². The first-order chi connectivity index (χ1) is 7.74. The lowest BCUT2D eigenvalue weighted by atomic mass is 9.91. The molecule has 16 heavy (non-hydrogen) atoms. The van der Waals surface area contributed by atoms with E-state index in [1.165, 1.54) is 6.42 Å². The number of nitrogens with two attached hydrogens (primary N) is 1. The number of nitrogens with zero attached hydrogens (tertiary/aromatic N) is 2. The summed E-state index contributed by atoms with van der Waals surface area (Å²) in [7, 11) is 0. The van der Waals surface area contributed by atoms with E-state index in [9.17, 15) is 4.79 Å². The number of hydrogen-bond donors (Lipinski definition) is 2. The van der Waals surface area contributed by atoms with Crippen LogP contribution in [-0.4, -0.2) is 29.1 Å². The molecule has 1 aromatic rings. The molecule has 5 nitrogen and oxygen atoms in total. The Morgan fingerprint density at radius 1 is 1.69 bits per heavy atom. The first-order valence-electron chi connectivity index (χ1n) is 5.74. The minimum Gasteiger partial charge on any atom is -0.348 e. The maximum atomic E-state index is 11.7. The van der Waals surface area contributed by atoms with Crippen LogP contribution < -0.4 is 16.2 Å². The van der Waals surface area contributed by atoms with Gasteiger partial charge in [0.15, 0.2) is 5.82 Å². The van der Waals surface area contributed by atoms with Gasteiger partial charge in [-0.3, -0.25) is 4.79 Å². The summed E-state index contributed by atoms with van der Waals surface area (Å²) in [4.78, 5) is 20.6. The summed E-state index contributed by atoms with van der Waals surface area (Å²) in [5, 5.41) is 0. The molecule has 0 bridgehead atoms. The lowest BCUT2D eigenvalue weighted by Crippen LogP contribution is -2.50. The van der Waals surface area contributed by atoms with E-state index >= 15 is 0 Å². The van der Waals surface area contributed by atoms with Gasteiger partial charge in [-0.1, -0.05) is 6.92 Å². The van der Waals surface area contributed by atoms with Gasteiger partial charge in [0.2, 0.25) is 0 Å². The minimum absolute atomic E-state index is 0.130. The highest BCUT2D eigenvalue weighted by molar-refractivity contribution is 5.38. The number of piperidine rings is 1. The van der Waals surface area contributed by atoms with Crippen LogP contribution in [0.5, 0.6) is 0 Å². The molecule has 2 heterocycles. The maximum Gasteiger partial charge on any atom is 0.290 e. The van der Waals surface area contributed by atoms with Crippen molar-refractivity contribution in [2.75, 3.05) is 18.0 Å². The van der Waals surface area contributed by atoms with Gasteiger partial charge in [0, 0.05) is 31.5 Å². The summed E-state index contributed by atoms with van der Waals surface area (Å²) in [5.41, 5.74) is 5.66. The number of nitrogens with one attached hydrogen (secondary N) is 1. The van der Waals surface area contributed by atoms with Crippen molar-refractivity contribution in [2.24, 2.45) is 11.7 Å². The summed E-state index contributed by atoms with van der Waals surface area (Å²) in [6, 6.07) is 0.227. The average Bonchev–Trinajstić information content (AvgIpc) is 2.29. The van der Waals surface area contributed by atoms with Crippen molar-refractivity contribution in [3.63, 3.8) is 0 Å². The Hall–Kier alpha value is -1.36. The van der Waals surface area contributed by atoms with Gasteiger partial charge in [-0.25, -0.2) is 4.98 Å². The molecule has 5 heteroatoms. The molecule has 2 atom stereocenters. The van der Waals surface area contributed by atoms with Crippen molar-refractivity contribution in [3.8, 4) is 0 Å². The highest BCUT2D eigenvalue weighted by Crippen LogP contribution is 2.24. The molecule has 0 amide bonds. The average molecular weight is 222 g/mol. The molecule has 1 aliphatic rings. The Kier molecular flexibility index (Phi) is 3.24. The molecule has 3 N–H and O–H groups in total. The third kappa shape index (κ3) is 1.95. The number of anilines is 1. The third-order valence-corrected chi connectivity index (χ3v) is 3.32. The van der Waals surface area contributed by atoms with Gasteiger partial charge in [0.25, 0.3) is 5.56 Å². The Morgan fingerprint density at radius 3 is 3.19 bits per heavy atom. The van der Waals surface area contributed by atoms with Gasteiger partial charge in [0.05, 0.1) is 0 Å². The Labute approximate surface area is 94.7 Å². The van der Waals surface area contributed by atoms with Crippen molar-refractivity contribution >= 4 is 5.82 Å². The monoisotopic (exact) mass is 222 g/mol. The molecule has 0 radical (unpaired) electrons. The standard InChI is InChI=1S/C11H18N4O/c1-8-3-2-6-15(9(8)7-12)10-11(16)14-5-4-13-10/h4-5,8-9H,2-3,6-7,12H2,1H3,(H,14,16). The maximum absolute atomic E-state index is 11.7. The van der Waals surface area contributed by atoms with Gasteiger partial charge in [-0.05, 0) is 18.8 Å². The van der Waals surface area contributed by atoms with E-state index in [0.717, 1.165) is 13.0 Å². The smallest absolute Gasteiger partial charge is 0.290 e. The predicted octanol–water partition coefficient (Wildman–Crippen LogP) is 0.334. The SMILES string of the molecule is CC1CCCN(c2ncc[nH]c2=O)C1CN.